The Kier molecular flexibility index (Phi) is 4.90. The van der Waals surface area contributed by atoms with E-state index in [1.807, 2.05) is 0 Å². The molecule has 2 aromatic heterocycles. The molecule has 1 saturated carbocycles. The van der Waals surface area contributed by atoms with Crippen molar-refractivity contribution in [2.24, 2.45) is 0 Å². The van der Waals surface area contributed by atoms with E-state index in [1.165, 1.54) is 12.8 Å². The molecule has 2 N–H and O–H groups in total. The summed E-state index contributed by atoms with van der Waals surface area (Å²) < 4.78 is 10.3. The van der Waals surface area contributed by atoms with Gasteiger partial charge < -0.3 is 15.4 Å². The molecule has 9 nitrogen and oxygen atoms in total. The van der Waals surface area contributed by atoms with Gasteiger partial charge in [-0.1, -0.05) is 12.8 Å². The Morgan fingerprint density at radius 3 is 2.38 bits per heavy atom. The highest BCUT2D eigenvalue weighted by atomic mass is 16.6. The fraction of sp³-hybridized carbons (Fsp3) is 0.765. The van der Waals surface area contributed by atoms with Crippen molar-refractivity contribution in [3.05, 3.63) is 0 Å². The van der Waals surface area contributed by atoms with Crippen molar-refractivity contribution < 1.29 is 9.37 Å². The number of hydrogen-bond acceptors (Lipinski definition) is 9. The lowest BCUT2D eigenvalue weighted by molar-refractivity contribution is -0.00570. The fourth-order valence-corrected chi connectivity index (χ4v) is 3.71. The van der Waals surface area contributed by atoms with E-state index in [4.69, 9.17) is 9.37 Å². The van der Waals surface area contributed by atoms with E-state index in [0.29, 0.717) is 23.2 Å². The van der Waals surface area contributed by atoms with Gasteiger partial charge in [0, 0.05) is 31.2 Å². The first-order valence-electron chi connectivity index (χ1n) is 9.45. The maximum Gasteiger partial charge on any atom is 0.245 e. The summed E-state index contributed by atoms with van der Waals surface area (Å²) in [6, 6.07) is 0.439. The fourth-order valence-electron chi connectivity index (χ4n) is 3.71. The van der Waals surface area contributed by atoms with Gasteiger partial charge in [0.15, 0.2) is 11.6 Å². The van der Waals surface area contributed by atoms with Crippen LogP contribution in [0.3, 0.4) is 0 Å². The lowest BCUT2D eigenvalue weighted by Gasteiger charge is -2.41. The number of rotatable bonds is 6. The van der Waals surface area contributed by atoms with Gasteiger partial charge in [0.05, 0.1) is 13.2 Å². The minimum Gasteiger partial charge on any atom is -0.379 e. The van der Waals surface area contributed by atoms with Crippen molar-refractivity contribution in [3.63, 3.8) is 0 Å². The molecule has 3 heterocycles. The van der Waals surface area contributed by atoms with Gasteiger partial charge in [-0.15, -0.1) is 0 Å². The number of aromatic nitrogens is 4. The largest absolute Gasteiger partial charge is 0.379 e. The Labute approximate surface area is 152 Å². The molecule has 1 aliphatic heterocycles. The summed E-state index contributed by atoms with van der Waals surface area (Å²) >= 11 is 0. The summed E-state index contributed by atoms with van der Waals surface area (Å²) in [4.78, 5) is 11.6. The zero-order valence-corrected chi connectivity index (χ0v) is 15.5. The summed E-state index contributed by atoms with van der Waals surface area (Å²) in [5.41, 5.74) is 0.838. The van der Waals surface area contributed by atoms with Gasteiger partial charge in [-0.25, -0.2) is 14.6 Å². The predicted molar refractivity (Wildman–Crippen MR) is 98.2 cm³/mol. The van der Waals surface area contributed by atoms with E-state index in [2.05, 4.69) is 49.7 Å². The summed E-state index contributed by atoms with van der Waals surface area (Å²) in [5, 5.41) is 14.7. The molecule has 0 aromatic carbocycles. The molecule has 0 unspecified atom stereocenters. The first-order chi connectivity index (χ1) is 12.6. The van der Waals surface area contributed by atoms with Crippen molar-refractivity contribution in [2.45, 2.75) is 51.1 Å². The molecule has 1 saturated heterocycles. The lowest BCUT2D eigenvalue weighted by Crippen LogP contribution is -2.53. The minimum atomic E-state index is -0.0207. The molecule has 2 aliphatic rings. The van der Waals surface area contributed by atoms with E-state index < -0.39 is 0 Å². The normalized spacial score (nSPS) is 19.9. The molecule has 0 bridgehead atoms. The molecular formula is C17H27N7O2. The molecule has 2 aromatic rings. The number of ether oxygens (including phenoxy) is 1. The van der Waals surface area contributed by atoms with Crippen molar-refractivity contribution in [1.82, 2.24) is 25.2 Å². The summed E-state index contributed by atoms with van der Waals surface area (Å²) in [5.74, 6) is 1.44. The maximum absolute atomic E-state index is 5.47. The number of nitrogens with zero attached hydrogens (tertiary/aromatic N) is 5. The monoisotopic (exact) mass is 361 g/mol. The SMILES string of the molecule is CC(C)(CNc1nc2nonc2nc1NC1CCCC1)N1CCOCC1. The molecule has 142 valence electrons. The van der Waals surface area contributed by atoms with Crippen LogP contribution < -0.4 is 10.6 Å². The molecule has 26 heavy (non-hydrogen) atoms. The van der Waals surface area contributed by atoms with Gasteiger partial charge in [-0.2, -0.15) is 0 Å². The van der Waals surface area contributed by atoms with Crippen LogP contribution >= 0.6 is 0 Å². The molecule has 9 heteroatoms. The van der Waals surface area contributed by atoms with Crippen molar-refractivity contribution in [2.75, 3.05) is 43.5 Å². The second-order valence-corrected chi connectivity index (χ2v) is 7.72. The molecular weight excluding hydrogens is 334 g/mol. The standard InChI is InChI=1S/C17H27N7O2/c1-17(2,24-7-9-25-10-8-24)11-18-13-14(19-12-5-3-4-6-12)21-16-15(20-13)22-26-23-16/h12H,3-11H2,1-2H3,(H,18,20,22)(H,19,21,23). The summed E-state index contributed by atoms with van der Waals surface area (Å²) in [7, 11) is 0. The first-order valence-corrected chi connectivity index (χ1v) is 9.45. The molecule has 2 fully saturated rings. The van der Waals surface area contributed by atoms with Gasteiger partial charge in [0.1, 0.15) is 0 Å². The summed E-state index contributed by atoms with van der Waals surface area (Å²) in [6.07, 6.45) is 4.84. The van der Waals surface area contributed by atoms with Gasteiger partial charge in [-0.05, 0) is 37.0 Å². The predicted octanol–water partition coefficient (Wildman–Crippen LogP) is 1.89. The molecule has 0 atom stereocenters. The minimum absolute atomic E-state index is 0.0207. The third kappa shape index (κ3) is 3.73. The van der Waals surface area contributed by atoms with E-state index in [1.54, 1.807) is 0 Å². The Morgan fingerprint density at radius 1 is 1.04 bits per heavy atom. The average Bonchev–Trinajstić information content (AvgIpc) is 3.32. The summed E-state index contributed by atoms with van der Waals surface area (Å²) in [6.45, 7) is 8.68. The van der Waals surface area contributed by atoms with Crippen LogP contribution in [-0.4, -0.2) is 69.6 Å². The third-order valence-corrected chi connectivity index (χ3v) is 5.37. The van der Waals surface area contributed by atoms with Crippen LogP contribution in [0.4, 0.5) is 11.6 Å². The quantitative estimate of drug-likeness (QED) is 0.798. The number of fused-ring (bicyclic) bond motifs is 1. The van der Waals surface area contributed by atoms with Crippen LogP contribution in [0, 0.1) is 0 Å². The highest BCUT2D eigenvalue weighted by Gasteiger charge is 2.29. The average molecular weight is 361 g/mol. The molecule has 0 radical (unpaired) electrons. The first kappa shape index (κ1) is 17.4. The van der Waals surface area contributed by atoms with Crippen LogP contribution in [0.1, 0.15) is 39.5 Å². The van der Waals surface area contributed by atoms with Gasteiger partial charge >= 0.3 is 0 Å². The van der Waals surface area contributed by atoms with E-state index in [0.717, 1.165) is 51.5 Å². The second kappa shape index (κ2) is 7.32. The Balaban J connectivity index is 1.51. The molecule has 0 spiro atoms. The topological polar surface area (TPSA) is 101 Å². The number of nitrogens with one attached hydrogen (secondary N) is 2. The molecule has 1 aliphatic carbocycles. The maximum atomic E-state index is 5.47. The zero-order valence-electron chi connectivity index (χ0n) is 15.5. The van der Waals surface area contributed by atoms with Crippen LogP contribution in [0.15, 0.2) is 4.63 Å². The van der Waals surface area contributed by atoms with Crippen LogP contribution in [0.2, 0.25) is 0 Å². The Hall–Kier alpha value is -2.00. The van der Waals surface area contributed by atoms with Crippen molar-refractivity contribution >= 4 is 22.9 Å². The Morgan fingerprint density at radius 2 is 1.69 bits per heavy atom. The van der Waals surface area contributed by atoms with Gasteiger partial charge in [0.2, 0.25) is 11.3 Å². The van der Waals surface area contributed by atoms with E-state index >= 15 is 0 Å². The van der Waals surface area contributed by atoms with Crippen molar-refractivity contribution in [1.29, 1.82) is 0 Å². The second-order valence-electron chi connectivity index (χ2n) is 7.72. The highest BCUT2D eigenvalue weighted by Crippen LogP contribution is 2.27. The van der Waals surface area contributed by atoms with Crippen LogP contribution in [0.5, 0.6) is 0 Å². The number of hydrogen-bond donors (Lipinski definition) is 2. The van der Waals surface area contributed by atoms with Crippen molar-refractivity contribution in [3.8, 4) is 0 Å². The smallest absolute Gasteiger partial charge is 0.245 e. The molecule has 0 amide bonds. The van der Waals surface area contributed by atoms with Gasteiger partial charge in [-0.3, -0.25) is 4.90 Å². The number of anilines is 2. The molecule has 4 rings (SSSR count). The van der Waals surface area contributed by atoms with Crippen LogP contribution in [0.25, 0.3) is 11.3 Å². The van der Waals surface area contributed by atoms with Gasteiger partial charge in [0.25, 0.3) is 0 Å². The lowest BCUT2D eigenvalue weighted by atomic mass is 10.0. The number of morpholine rings is 1. The zero-order chi connectivity index (χ0) is 18.0. The van der Waals surface area contributed by atoms with Crippen LogP contribution in [-0.2, 0) is 4.74 Å². The third-order valence-electron chi connectivity index (χ3n) is 5.37. The van der Waals surface area contributed by atoms with E-state index in [-0.39, 0.29) is 5.54 Å². The highest BCUT2D eigenvalue weighted by molar-refractivity contribution is 5.73. The Bertz CT molecular complexity index is 736. The van der Waals surface area contributed by atoms with E-state index in [9.17, 15) is 0 Å².